The molecule has 2 rings (SSSR count). The highest BCUT2D eigenvalue weighted by atomic mass is 32.2. The summed E-state index contributed by atoms with van der Waals surface area (Å²) >= 11 is 1.18. The number of ether oxygens (including phenoxy) is 3. The average molecular weight is 418 g/mol. The van der Waals surface area contributed by atoms with Crippen LogP contribution in [0.15, 0.2) is 42.5 Å². The Labute approximate surface area is 172 Å². The molecule has 0 heterocycles. The molecule has 9 heteroatoms. The van der Waals surface area contributed by atoms with Gasteiger partial charge in [-0.25, -0.2) is 4.79 Å². The fourth-order valence-electron chi connectivity index (χ4n) is 2.35. The summed E-state index contributed by atoms with van der Waals surface area (Å²) in [5.41, 5.74) is 1.52. The standard InChI is InChI=1S/C20H22N2O6S/c1-26-16-9-8-15(10-17(16)27-2)22-19(24)12-29-11-18(23)21-14-6-4-13(5-7-14)20(25)28-3/h4-10H,11-12H2,1-3H3,(H,21,23)(H,22,24). The largest absolute Gasteiger partial charge is 0.493 e. The van der Waals surface area contributed by atoms with Crippen LogP contribution in [-0.4, -0.2) is 50.6 Å². The van der Waals surface area contributed by atoms with E-state index in [9.17, 15) is 14.4 Å². The van der Waals surface area contributed by atoms with Crippen molar-refractivity contribution in [3.05, 3.63) is 48.0 Å². The zero-order valence-corrected chi connectivity index (χ0v) is 17.1. The summed E-state index contributed by atoms with van der Waals surface area (Å²) in [4.78, 5) is 35.4. The summed E-state index contributed by atoms with van der Waals surface area (Å²) in [6, 6.07) is 11.4. The van der Waals surface area contributed by atoms with Gasteiger partial charge in [-0.2, -0.15) is 0 Å². The molecule has 0 aliphatic rings. The molecule has 0 fully saturated rings. The molecule has 29 heavy (non-hydrogen) atoms. The van der Waals surface area contributed by atoms with Gasteiger partial charge >= 0.3 is 5.97 Å². The quantitative estimate of drug-likeness (QED) is 0.604. The summed E-state index contributed by atoms with van der Waals surface area (Å²) in [5, 5.41) is 5.45. The van der Waals surface area contributed by atoms with Crippen molar-refractivity contribution in [2.24, 2.45) is 0 Å². The predicted molar refractivity (Wildman–Crippen MR) is 112 cm³/mol. The molecule has 0 aliphatic carbocycles. The van der Waals surface area contributed by atoms with Crippen LogP contribution < -0.4 is 20.1 Å². The number of anilines is 2. The Bertz CT molecular complexity index is 870. The van der Waals surface area contributed by atoms with E-state index >= 15 is 0 Å². The molecular formula is C20H22N2O6S. The van der Waals surface area contributed by atoms with Crippen molar-refractivity contribution in [1.29, 1.82) is 0 Å². The SMILES string of the molecule is COC(=O)c1ccc(NC(=O)CSCC(=O)Nc2ccc(OC)c(OC)c2)cc1. The molecule has 0 spiro atoms. The van der Waals surface area contributed by atoms with Gasteiger partial charge in [-0.05, 0) is 36.4 Å². The topological polar surface area (TPSA) is 103 Å². The van der Waals surface area contributed by atoms with Crippen molar-refractivity contribution < 1.29 is 28.6 Å². The zero-order valence-electron chi connectivity index (χ0n) is 16.3. The van der Waals surface area contributed by atoms with Gasteiger partial charge in [0.15, 0.2) is 11.5 Å². The lowest BCUT2D eigenvalue weighted by molar-refractivity contribution is -0.114. The average Bonchev–Trinajstić information content (AvgIpc) is 2.73. The van der Waals surface area contributed by atoms with Gasteiger partial charge in [-0.1, -0.05) is 0 Å². The smallest absolute Gasteiger partial charge is 0.337 e. The third-order valence-corrected chi connectivity index (χ3v) is 4.66. The Morgan fingerprint density at radius 3 is 1.90 bits per heavy atom. The number of rotatable bonds is 9. The van der Waals surface area contributed by atoms with Crippen molar-refractivity contribution in [2.75, 3.05) is 43.5 Å². The second-order valence-electron chi connectivity index (χ2n) is 5.73. The molecular weight excluding hydrogens is 396 g/mol. The summed E-state index contributed by atoms with van der Waals surface area (Å²) in [6.07, 6.45) is 0. The molecule has 0 bridgehead atoms. The van der Waals surface area contributed by atoms with Crippen molar-refractivity contribution >= 4 is 40.9 Å². The first-order valence-corrected chi connectivity index (χ1v) is 9.70. The molecule has 2 aromatic carbocycles. The van der Waals surface area contributed by atoms with E-state index in [1.165, 1.54) is 33.1 Å². The monoisotopic (exact) mass is 418 g/mol. The van der Waals surface area contributed by atoms with Crippen molar-refractivity contribution in [1.82, 2.24) is 0 Å². The lowest BCUT2D eigenvalue weighted by Gasteiger charge is -2.10. The van der Waals surface area contributed by atoms with Crippen LogP contribution in [0.2, 0.25) is 0 Å². The van der Waals surface area contributed by atoms with Gasteiger partial charge in [0.1, 0.15) is 0 Å². The van der Waals surface area contributed by atoms with Crippen LogP contribution in [0.1, 0.15) is 10.4 Å². The third-order valence-electron chi connectivity index (χ3n) is 3.72. The number of thioether (sulfide) groups is 1. The number of methoxy groups -OCH3 is 3. The second kappa shape index (κ2) is 11.0. The molecule has 0 saturated carbocycles. The Hall–Kier alpha value is -3.20. The number of carbonyl (C=O) groups is 3. The first-order chi connectivity index (χ1) is 14.0. The Morgan fingerprint density at radius 2 is 1.34 bits per heavy atom. The molecule has 0 aliphatic heterocycles. The maximum Gasteiger partial charge on any atom is 0.337 e. The lowest BCUT2D eigenvalue weighted by atomic mass is 10.2. The number of amides is 2. The van der Waals surface area contributed by atoms with Crippen LogP contribution in [-0.2, 0) is 14.3 Å². The van der Waals surface area contributed by atoms with E-state index in [4.69, 9.17) is 9.47 Å². The molecule has 0 atom stereocenters. The van der Waals surface area contributed by atoms with E-state index < -0.39 is 5.97 Å². The first kappa shape index (κ1) is 22.1. The van der Waals surface area contributed by atoms with E-state index in [2.05, 4.69) is 15.4 Å². The van der Waals surface area contributed by atoms with E-state index in [0.717, 1.165) is 0 Å². The maximum atomic E-state index is 12.1. The highest BCUT2D eigenvalue weighted by Crippen LogP contribution is 2.29. The fraction of sp³-hybridized carbons (Fsp3) is 0.250. The van der Waals surface area contributed by atoms with Gasteiger partial charge in [0.25, 0.3) is 0 Å². The third kappa shape index (κ3) is 6.72. The van der Waals surface area contributed by atoms with Gasteiger partial charge in [-0.3, -0.25) is 9.59 Å². The number of hydrogen-bond donors (Lipinski definition) is 2. The summed E-state index contributed by atoms with van der Waals surface area (Å²) in [6.45, 7) is 0. The fourth-order valence-corrected chi connectivity index (χ4v) is 2.97. The number of esters is 1. The van der Waals surface area contributed by atoms with Crippen LogP contribution in [0.5, 0.6) is 11.5 Å². The van der Waals surface area contributed by atoms with E-state index in [1.807, 2.05) is 0 Å². The second-order valence-corrected chi connectivity index (χ2v) is 6.71. The van der Waals surface area contributed by atoms with Gasteiger partial charge in [0.2, 0.25) is 11.8 Å². The van der Waals surface area contributed by atoms with E-state index in [1.54, 1.807) is 42.5 Å². The molecule has 154 valence electrons. The van der Waals surface area contributed by atoms with Crippen LogP contribution >= 0.6 is 11.8 Å². The van der Waals surface area contributed by atoms with E-state index in [0.29, 0.717) is 28.4 Å². The predicted octanol–water partition coefficient (Wildman–Crippen LogP) is 2.80. The minimum absolute atomic E-state index is 0.109. The summed E-state index contributed by atoms with van der Waals surface area (Å²) in [5.74, 6) is 0.365. The van der Waals surface area contributed by atoms with Crippen molar-refractivity contribution in [3.63, 3.8) is 0 Å². The van der Waals surface area contributed by atoms with Crippen LogP contribution in [0.4, 0.5) is 11.4 Å². The first-order valence-electron chi connectivity index (χ1n) is 8.54. The number of carbonyl (C=O) groups excluding carboxylic acids is 3. The summed E-state index contributed by atoms with van der Waals surface area (Å²) in [7, 11) is 4.35. The molecule has 8 nitrogen and oxygen atoms in total. The number of benzene rings is 2. The van der Waals surface area contributed by atoms with Gasteiger partial charge in [0, 0.05) is 17.4 Å². The minimum atomic E-state index is -0.445. The summed E-state index contributed by atoms with van der Waals surface area (Å²) < 4.78 is 15.0. The molecule has 2 aromatic rings. The van der Waals surface area contributed by atoms with Gasteiger partial charge in [0.05, 0.1) is 38.4 Å². The molecule has 2 amide bonds. The van der Waals surface area contributed by atoms with Crippen LogP contribution in [0, 0.1) is 0 Å². The number of nitrogens with one attached hydrogen (secondary N) is 2. The van der Waals surface area contributed by atoms with E-state index in [-0.39, 0.29) is 23.3 Å². The Kier molecular flexibility index (Phi) is 8.35. The Morgan fingerprint density at radius 1 is 0.793 bits per heavy atom. The van der Waals surface area contributed by atoms with Crippen molar-refractivity contribution in [2.45, 2.75) is 0 Å². The maximum absolute atomic E-state index is 12.1. The normalized spacial score (nSPS) is 10.0. The molecule has 2 N–H and O–H groups in total. The highest BCUT2D eigenvalue weighted by Gasteiger charge is 2.10. The molecule has 0 radical (unpaired) electrons. The molecule has 0 aromatic heterocycles. The molecule has 0 unspecified atom stereocenters. The highest BCUT2D eigenvalue weighted by molar-refractivity contribution is 8.00. The van der Waals surface area contributed by atoms with Crippen LogP contribution in [0.3, 0.4) is 0 Å². The lowest BCUT2D eigenvalue weighted by Crippen LogP contribution is -2.18. The zero-order chi connectivity index (χ0) is 21.2. The van der Waals surface area contributed by atoms with Crippen LogP contribution in [0.25, 0.3) is 0 Å². The van der Waals surface area contributed by atoms with Gasteiger partial charge in [-0.15, -0.1) is 11.8 Å². The van der Waals surface area contributed by atoms with Crippen molar-refractivity contribution in [3.8, 4) is 11.5 Å². The Balaban J connectivity index is 1.77. The molecule has 0 saturated heterocycles. The minimum Gasteiger partial charge on any atom is -0.493 e. The number of hydrogen-bond acceptors (Lipinski definition) is 7. The van der Waals surface area contributed by atoms with Gasteiger partial charge < -0.3 is 24.8 Å².